The van der Waals surface area contributed by atoms with Crippen molar-refractivity contribution in [2.24, 2.45) is 0 Å². The van der Waals surface area contributed by atoms with Crippen molar-refractivity contribution in [1.82, 2.24) is 0 Å². The van der Waals surface area contributed by atoms with E-state index in [1.165, 1.54) is 11.1 Å². The van der Waals surface area contributed by atoms with E-state index in [-0.39, 0.29) is 5.43 Å². The summed E-state index contributed by atoms with van der Waals surface area (Å²) in [4.78, 5) is 13.2. The van der Waals surface area contributed by atoms with Crippen LogP contribution in [0.2, 0.25) is 0 Å². The fourth-order valence-electron chi connectivity index (χ4n) is 3.15. The van der Waals surface area contributed by atoms with Crippen molar-refractivity contribution in [2.45, 2.75) is 13.8 Å². The maximum absolute atomic E-state index is 13.2. The van der Waals surface area contributed by atoms with Crippen molar-refractivity contribution in [2.75, 3.05) is 0 Å². The second-order valence-corrected chi connectivity index (χ2v) is 6.94. The quantitative estimate of drug-likeness (QED) is 0.412. The third-order valence-electron chi connectivity index (χ3n) is 4.45. The molecule has 4 rings (SSSR count). The van der Waals surface area contributed by atoms with Crippen molar-refractivity contribution in [3.05, 3.63) is 82.0 Å². The van der Waals surface area contributed by atoms with Crippen LogP contribution in [-0.4, -0.2) is 0 Å². The molecular weight excluding hydrogens is 300 g/mol. The molecule has 2 heteroatoms. The van der Waals surface area contributed by atoms with Crippen molar-refractivity contribution < 1.29 is 0 Å². The molecule has 0 spiro atoms. The number of hydrogen-bond donors (Lipinski definition) is 0. The van der Waals surface area contributed by atoms with E-state index in [1.54, 1.807) is 11.3 Å². The van der Waals surface area contributed by atoms with Gasteiger partial charge in [0.25, 0.3) is 0 Å². The fraction of sp³-hybridized carbons (Fsp3) is 0.0952. The minimum absolute atomic E-state index is 0.135. The molecule has 0 fully saturated rings. The molecule has 1 aromatic heterocycles. The molecule has 0 aliphatic heterocycles. The molecule has 0 unspecified atom stereocenters. The fourth-order valence-corrected chi connectivity index (χ4v) is 4.34. The smallest absolute Gasteiger partial charge is 0.196 e. The normalized spacial score (nSPS) is 11.2. The molecule has 0 amide bonds. The SMILES string of the molecule is Cc1cc2sc3ccccc3c(=O)c2c(-c2ccccc2)c1C. The van der Waals surface area contributed by atoms with Gasteiger partial charge in [-0.1, -0.05) is 42.5 Å². The molecule has 0 aliphatic carbocycles. The summed E-state index contributed by atoms with van der Waals surface area (Å²) >= 11 is 1.70. The van der Waals surface area contributed by atoms with Crippen LogP contribution in [0, 0.1) is 13.8 Å². The molecule has 4 aromatic rings. The molecule has 0 radical (unpaired) electrons. The monoisotopic (exact) mass is 316 g/mol. The van der Waals surface area contributed by atoms with Crippen molar-refractivity contribution in [1.29, 1.82) is 0 Å². The van der Waals surface area contributed by atoms with E-state index in [9.17, 15) is 4.79 Å². The Labute approximate surface area is 138 Å². The van der Waals surface area contributed by atoms with Gasteiger partial charge < -0.3 is 0 Å². The zero-order valence-corrected chi connectivity index (χ0v) is 13.9. The molecule has 0 aliphatic rings. The largest absolute Gasteiger partial charge is 0.288 e. The van der Waals surface area contributed by atoms with E-state index in [4.69, 9.17) is 0 Å². The van der Waals surface area contributed by atoms with Gasteiger partial charge >= 0.3 is 0 Å². The molecular formula is C21H16OS. The van der Waals surface area contributed by atoms with E-state index >= 15 is 0 Å². The Bertz CT molecular complexity index is 1090. The van der Waals surface area contributed by atoms with Gasteiger partial charge in [-0.3, -0.25) is 4.79 Å². The van der Waals surface area contributed by atoms with Gasteiger partial charge in [0.1, 0.15) is 0 Å². The molecule has 112 valence electrons. The van der Waals surface area contributed by atoms with Gasteiger partial charge in [0.05, 0.1) is 0 Å². The first-order chi connectivity index (χ1) is 11.2. The summed E-state index contributed by atoms with van der Waals surface area (Å²) in [6, 6.07) is 20.3. The van der Waals surface area contributed by atoms with Crippen LogP contribution in [0.1, 0.15) is 11.1 Å². The van der Waals surface area contributed by atoms with Crippen molar-refractivity contribution in [3.63, 3.8) is 0 Å². The molecule has 0 N–H and O–H groups in total. The summed E-state index contributed by atoms with van der Waals surface area (Å²) in [7, 11) is 0. The van der Waals surface area contributed by atoms with Crippen LogP contribution < -0.4 is 5.43 Å². The lowest BCUT2D eigenvalue weighted by molar-refractivity contribution is 1.36. The first-order valence-corrected chi connectivity index (χ1v) is 8.49. The Morgan fingerprint density at radius 3 is 2.30 bits per heavy atom. The lowest BCUT2D eigenvalue weighted by atomic mass is 9.93. The lowest BCUT2D eigenvalue weighted by Crippen LogP contribution is -2.04. The molecule has 0 saturated heterocycles. The van der Waals surface area contributed by atoms with Gasteiger partial charge in [-0.25, -0.2) is 0 Å². The van der Waals surface area contributed by atoms with Gasteiger partial charge in [0.15, 0.2) is 5.43 Å². The highest BCUT2D eigenvalue weighted by molar-refractivity contribution is 7.24. The summed E-state index contributed by atoms with van der Waals surface area (Å²) in [5, 5.41) is 1.66. The Kier molecular flexibility index (Phi) is 3.28. The number of hydrogen-bond acceptors (Lipinski definition) is 2. The Balaban J connectivity index is 2.27. The van der Waals surface area contributed by atoms with Crippen LogP contribution in [0.25, 0.3) is 31.3 Å². The van der Waals surface area contributed by atoms with E-state index < -0.39 is 0 Å². The Morgan fingerprint density at radius 1 is 0.826 bits per heavy atom. The van der Waals surface area contributed by atoms with E-state index in [2.05, 4.69) is 32.0 Å². The molecule has 0 saturated carbocycles. The third kappa shape index (κ3) is 2.18. The second kappa shape index (κ2) is 5.32. The highest BCUT2D eigenvalue weighted by Crippen LogP contribution is 2.35. The van der Waals surface area contributed by atoms with Gasteiger partial charge in [0.2, 0.25) is 0 Å². The minimum atomic E-state index is 0.135. The topological polar surface area (TPSA) is 17.1 Å². The first kappa shape index (κ1) is 14.2. The van der Waals surface area contributed by atoms with Crippen LogP contribution in [0.4, 0.5) is 0 Å². The molecule has 0 atom stereocenters. The molecule has 3 aromatic carbocycles. The highest BCUT2D eigenvalue weighted by Gasteiger charge is 2.15. The van der Waals surface area contributed by atoms with Crippen LogP contribution >= 0.6 is 11.3 Å². The third-order valence-corrected chi connectivity index (χ3v) is 5.57. The zero-order chi connectivity index (χ0) is 16.0. The Morgan fingerprint density at radius 2 is 1.52 bits per heavy atom. The molecule has 0 bridgehead atoms. The predicted molar refractivity (Wildman–Crippen MR) is 101 cm³/mol. The van der Waals surface area contributed by atoms with E-state index in [1.807, 2.05) is 42.5 Å². The highest BCUT2D eigenvalue weighted by atomic mass is 32.1. The molecule has 1 nitrogen and oxygen atoms in total. The van der Waals surface area contributed by atoms with Gasteiger partial charge in [-0.2, -0.15) is 0 Å². The number of rotatable bonds is 1. The average molecular weight is 316 g/mol. The zero-order valence-electron chi connectivity index (χ0n) is 13.1. The van der Waals surface area contributed by atoms with E-state index in [0.717, 1.165) is 31.3 Å². The van der Waals surface area contributed by atoms with Crippen LogP contribution in [0.3, 0.4) is 0 Å². The average Bonchev–Trinajstić information content (AvgIpc) is 2.58. The lowest BCUT2D eigenvalue weighted by Gasteiger charge is -2.13. The predicted octanol–water partition coefficient (Wildman–Crippen LogP) is 5.70. The standard InChI is InChI=1S/C21H16OS/c1-13-12-18-20(19(14(13)2)15-8-4-3-5-9-15)21(22)16-10-6-7-11-17(16)23-18/h3-12H,1-2H3. The molecule has 1 heterocycles. The summed E-state index contributed by atoms with van der Waals surface area (Å²) in [6.45, 7) is 4.23. The van der Waals surface area contributed by atoms with Crippen LogP contribution in [0.15, 0.2) is 65.5 Å². The second-order valence-electron chi connectivity index (χ2n) is 5.86. The van der Waals surface area contributed by atoms with Gasteiger partial charge in [-0.15, -0.1) is 11.3 Å². The number of benzene rings is 3. The summed E-state index contributed by atoms with van der Waals surface area (Å²) in [5.41, 5.74) is 4.73. The minimum Gasteiger partial charge on any atom is -0.288 e. The first-order valence-electron chi connectivity index (χ1n) is 7.68. The maximum atomic E-state index is 13.2. The number of fused-ring (bicyclic) bond motifs is 2. The number of aryl methyl sites for hydroxylation is 1. The summed E-state index contributed by atoms with van der Waals surface area (Å²) < 4.78 is 2.11. The summed E-state index contributed by atoms with van der Waals surface area (Å²) in [6.07, 6.45) is 0. The van der Waals surface area contributed by atoms with E-state index in [0.29, 0.717) is 0 Å². The van der Waals surface area contributed by atoms with Gasteiger partial charge in [0, 0.05) is 20.2 Å². The van der Waals surface area contributed by atoms with Crippen LogP contribution in [0.5, 0.6) is 0 Å². The molecule has 23 heavy (non-hydrogen) atoms. The van der Waals surface area contributed by atoms with Crippen molar-refractivity contribution in [3.8, 4) is 11.1 Å². The Hall–Kier alpha value is -2.45. The van der Waals surface area contributed by atoms with Crippen LogP contribution in [-0.2, 0) is 0 Å². The van der Waals surface area contributed by atoms with Gasteiger partial charge in [-0.05, 0) is 54.3 Å². The van der Waals surface area contributed by atoms with Crippen molar-refractivity contribution >= 4 is 31.5 Å². The maximum Gasteiger partial charge on any atom is 0.196 e. The summed E-state index contributed by atoms with van der Waals surface area (Å²) in [5.74, 6) is 0.